The molecular formula is C27H33N3O4. The van der Waals surface area contributed by atoms with Crippen molar-refractivity contribution in [3.63, 3.8) is 0 Å². The lowest BCUT2D eigenvalue weighted by Crippen LogP contribution is -2.33. The molecule has 2 aromatic carbocycles. The van der Waals surface area contributed by atoms with Gasteiger partial charge in [-0.3, -0.25) is 9.89 Å². The van der Waals surface area contributed by atoms with E-state index in [9.17, 15) is 0 Å². The monoisotopic (exact) mass is 463 g/mol. The minimum Gasteiger partial charge on any atom is -0.492 e. The maximum Gasteiger partial charge on any atom is 0.186 e. The Morgan fingerprint density at radius 1 is 1.12 bits per heavy atom. The second-order valence-electron chi connectivity index (χ2n) is 8.94. The fraction of sp³-hybridized carbons (Fsp3) is 0.444. The molecule has 2 aromatic rings. The number of fused-ring (bicyclic) bond motifs is 2. The Morgan fingerprint density at radius 3 is 2.85 bits per heavy atom. The molecule has 0 amide bonds. The van der Waals surface area contributed by atoms with Crippen molar-refractivity contribution in [3.05, 3.63) is 65.6 Å². The fourth-order valence-corrected chi connectivity index (χ4v) is 4.61. The van der Waals surface area contributed by atoms with Crippen molar-refractivity contribution in [2.24, 2.45) is 10.7 Å². The Bertz CT molecular complexity index is 1050. The molecule has 5 rings (SSSR count). The van der Waals surface area contributed by atoms with Crippen LogP contribution in [0.25, 0.3) is 0 Å². The van der Waals surface area contributed by atoms with Gasteiger partial charge in [0.2, 0.25) is 0 Å². The van der Waals surface area contributed by atoms with Crippen molar-refractivity contribution in [2.75, 3.05) is 46.0 Å². The molecule has 0 aliphatic carbocycles. The van der Waals surface area contributed by atoms with Crippen molar-refractivity contribution in [2.45, 2.75) is 31.8 Å². The van der Waals surface area contributed by atoms with E-state index < -0.39 is 0 Å². The quantitative estimate of drug-likeness (QED) is 0.603. The average Bonchev–Trinajstić information content (AvgIpc) is 2.88. The lowest BCUT2D eigenvalue weighted by Gasteiger charge is -2.26. The van der Waals surface area contributed by atoms with Crippen molar-refractivity contribution in [1.82, 2.24) is 4.90 Å². The number of piperidine rings is 1. The largest absolute Gasteiger partial charge is 0.492 e. The van der Waals surface area contributed by atoms with Crippen LogP contribution in [0.1, 0.15) is 30.4 Å². The molecule has 0 bridgehead atoms. The highest BCUT2D eigenvalue weighted by atomic mass is 16.6. The van der Waals surface area contributed by atoms with E-state index in [-0.39, 0.29) is 6.10 Å². The van der Waals surface area contributed by atoms with E-state index in [2.05, 4.69) is 22.0 Å². The van der Waals surface area contributed by atoms with E-state index in [0.717, 1.165) is 54.6 Å². The first-order chi connectivity index (χ1) is 16.7. The first kappa shape index (κ1) is 22.6. The van der Waals surface area contributed by atoms with Gasteiger partial charge in [0.15, 0.2) is 23.5 Å². The van der Waals surface area contributed by atoms with E-state index in [1.54, 1.807) is 6.08 Å². The summed E-state index contributed by atoms with van der Waals surface area (Å²) in [5, 5.41) is 0. The number of benzene rings is 2. The second kappa shape index (κ2) is 10.8. The van der Waals surface area contributed by atoms with Gasteiger partial charge in [0.25, 0.3) is 0 Å². The van der Waals surface area contributed by atoms with Crippen LogP contribution in [0.15, 0.2) is 59.4 Å². The lowest BCUT2D eigenvalue weighted by molar-refractivity contribution is 0.0312. The highest BCUT2D eigenvalue weighted by molar-refractivity contribution is 6.10. The topological polar surface area (TPSA) is 78.5 Å². The molecule has 1 atom stereocenters. The van der Waals surface area contributed by atoms with Crippen LogP contribution in [0.5, 0.6) is 17.2 Å². The number of hydrogen-bond donors (Lipinski definition) is 1. The molecule has 0 aromatic heterocycles. The van der Waals surface area contributed by atoms with Crippen LogP contribution in [-0.2, 0) is 11.2 Å². The number of allylic oxidation sites excluding steroid dienone is 1. The molecule has 3 heterocycles. The Kier molecular flexibility index (Phi) is 7.19. The summed E-state index contributed by atoms with van der Waals surface area (Å²) in [7, 11) is 0. The van der Waals surface area contributed by atoms with Gasteiger partial charge in [-0.2, -0.15) is 0 Å². The van der Waals surface area contributed by atoms with Gasteiger partial charge in [-0.15, -0.1) is 0 Å². The van der Waals surface area contributed by atoms with Crippen LogP contribution in [0.4, 0.5) is 0 Å². The molecule has 1 fully saturated rings. The molecule has 34 heavy (non-hydrogen) atoms. The summed E-state index contributed by atoms with van der Waals surface area (Å²) < 4.78 is 23.5. The van der Waals surface area contributed by atoms with Crippen LogP contribution in [0, 0.1) is 0 Å². The van der Waals surface area contributed by atoms with E-state index in [0.29, 0.717) is 19.1 Å². The molecule has 0 spiro atoms. The molecule has 0 radical (unpaired) electrons. The number of nitrogens with two attached hydrogens (primary N) is 1. The molecule has 2 N–H and O–H groups in total. The summed E-state index contributed by atoms with van der Waals surface area (Å²) in [4.78, 5) is 7.15. The predicted molar refractivity (Wildman–Crippen MR) is 132 cm³/mol. The number of nitrogens with zero attached hydrogens (tertiary/aromatic N) is 2. The van der Waals surface area contributed by atoms with Crippen LogP contribution in [0.3, 0.4) is 0 Å². The van der Waals surface area contributed by atoms with Gasteiger partial charge >= 0.3 is 0 Å². The van der Waals surface area contributed by atoms with Crippen molar-refractivity contribution >= 4 is 5.71 Å². The minimum atomic E-state index is -0.216. The third-order valence-corrected chi connectivity index (χ3v) is 6.42. The van der Waals surface area contributed by atoms with E-state index in [4.69, 9.17) is 24.7 Å². The Hall–Kier alpha value is -3.19. The van der Waals surface area contributed by atoms with Gasteiger partial charge in [-0.1, -0.05) is 18.6 Å². The van der Waals surface area contributed by atoms with E-state index >= 15 is 0 Å². The Balaban J connectivity index is 1.14. The van der Waals surface area contributed by atoms with Crippen LogP contribution >= 0.6 is 0 Å². The molecule has 1 unspecified atom stereocenters. The number of hydrogen-bond acceptors (Lipinski definition) is 7. The molecule has 3 aliphatic rings. The number of aliphatic imine (C=N–C) groups is 1. The summed E-state index contributed by atoms with van der Waals surface area (Å²) >= 11 is 0. The van der Waals surface area contributed by atoms with Crippen molar-refractivity contribution < 1.29 is 18.9 Å². The summed E-state index contributed by atoms with van der Waals surface area (Å²) in [6.07, 6.45) is 6.43. The van der Waals surface area contributed by atoms with Gasteiger partial charge in [-0.25, -0.2) is 0 Å². The lowest BCUT2D eigenvalue weighted by atomic mass is 9.97. The molecule has 3 aliphatic heterocycles. The summed E-state index contributed by atoms with van der Waals surface area (Å²) in [6.45, 7) is 5.54. The molecular weight excluding hydrogens is 430 g/mol. The minimum absolute atomic E-state index is 0.216. The highest BCUT2D eigenvalue weighted by Crippen LogP contribution is 2.31. The number of likely N-dealkylation sites (tertiary alicyclic amines) is 1. The maximum absolute atomic E-state index is 6.17. The van der Waals surface area contributed by atoms with E-state index in [1.165, 1.54) is 37.9 Å². The molecule has 180 valence electrons. The normalized spacial score (nSPS) is 20.3. The first-order valence-electron chi connectivity index (χ1n) is 12.3. The zero-order valence-corrected chi connectivity index (χ0v) is 19.6. The Labute approximate surface area is 201 Å². The van der Waals surface area contributed by atoms with E-state index in [1.807, 2.05) is 30.3 Å². The highest BCUT2D eigenvalue weighted by Gasteiger charge is 2.21. The first-order valence-corrected chi connectivity index (χ1v) is 12.3. The van der Waals surface area contributed by atoms with Gasteiger partial charge in [0, 0.05) is 24.7 Å². The van der Waals surface area contributed by atoms with Crippen LogP contribution in [-0.4, -0.2) is 62.7 Å². The molecule has 7 nitrogen and oxygen atoms in total. The molecule has 1 saturated heterocycles. The number of rotatable bonds is 8. The van der Waals surface area contributed by atoms with Gasteiger partial charge in [0.05, 0.1) is 5.71 Å². The standard InChI is InChI=1S/C27H33N3O4/c28-27(33-19-22-18-32-25-6-2-3-7-26(25)34-22)17-24-23-9-8-21(16-20(23)10-11-29-24)31-15-14-30-12-4-1-5-13-30/h2-3,6-9,16-17,22H,1,4-5,10-15,18-19,28H2. The van der Waals surface area contributed by atoms with Gasteiger partial charge in [-0.05, 0) is 68.2 Å². The number of ether oxygens (including phenoxy) is 4. The fourth-order valence-electron chi connectivity index (χ4n) is 4.61. The van der Waals surface area contributed by atoms with Crippen LogP contribution < -0.4 is 19.9 Å². The smallest absolute Gasteiger partial charge is 0.186 e. The SMILES string of the molecule is NC(=CC1=NCCc2cc(OCCN3CCCCC3)ccc21)OCC1COc2ccccc2O1. The summed E-state index contributed by atoms with van der Waals surface area (Å²) in [5.74, 6) is 2.71. The molecule has 7 heteroatoms. The zero-order valence-electron chi connectivity index (χ0n) is 19.6. The summed E-state index contributed by atoms with van der Waals surface area (Å²) in [5.41, 5.74) is 9.31. The van der Waals surface area contributed by atoms with Gasteiger partial charge < -0.3 is 24.7 Å². The molecule has 0 saturated carbocycles. The number of para-hydroxylation sites is 2. The predicted octanol–water partition coefficient (Wildman–Crippen LogP) is 3.55. The zero-order chi connectivity index (χ0) is 23.2. The third kappa shape index (κ3) is 5.65. The maximum atomic E-state index is 6.17. The van der Waals surface area contributed by atoms with Gasteiger partial charge in [0.1, 0.15) is 25.6 Å². The second-order valence-corrected chi connectivity index (χ2v) is 8.94. The van der Waals surface area contributed by atoms with Crippen molar-refractivity contribution in [1.29, 1.82) is 0 Å². The third-order valence-electron chi connectivity index (χ3n) is 6.42. The average molecular weight is 464 g/mol. The summed E-state index contributed by atoms with van der Waals surface area (Å²) in [6, 6.07) is 13.9. The van der Waals surface area contributed by atoms with Crippen molar-refractivity contribution in [3.8, 4) is 17.2 Å². The van der Waals surface area contributed by atoms with Crippen LogP contribution in [0.2, 0.25) is 0 Å². The Morgan fingerprint density at radius 2 is 1.97 bits per heavy atom.